The number of nitrogens with one attached hydrogen (secondary N) is 1. The molecule has 0 aliphatic carbocycles. The molecule has 2 rings (SSSR count). The Morgan fingerprint density at radius 3 is 2.94 bits per heavy atom. The predicted octanol–water partition coefficient (Wildman–Crippen LogP) is 1.72. The van der Waals surface area contributed by atoms with Gasteiger partial charge in [0.05, 0.1) is 5.69 Å². The Balaban J connectivity index is 1.95. The van der Waals surface area contributed by atoms with Crippen LogP contribution in [0, 0.1) is 12.8 Å². The van der Waals surface area contributed by atoms with E-state index in [0.29, 0.717) is 6.04 Å². The zero-order valence-electron chi connectivity index (χ0n) is 12.1. The Morgan fingerprint density at radius 1 is 1.61 bits per heavy atom. The summed E-state index contributed by atoms with van der Waals surface area (Å²) in [6.07, 6.45) is 4.82. The largest absolute Gasteiger partial charge is 0.316 e. The first-order chi connectivity index (χ1) is 8.58. The van der Waals surface area contributed by atoms with Crippen LogP contribution in [0.15, 0.2) is 6.20 Å². The fourth-order valence-electron chi connectivity index (χ4n) is 2.91. The summed E-state index contributed by atoms with van der Waals surface area (Å²) in [4.78, 5) is 2.46. The van der Waals surface area contributed by atoms with Gasteiger partial charge in [0, 0.05) is 31.4 Å². The molecule has 0 amide bonds. The first-order valence-corrected chi connectivity index (χ1v) is 6.99. The van der Waals surface area contributed by atoms with Crippen molar-refractivity contribution in [1.29, 1.82) is 0 Å². The van der Waals surface area contributed by atoms with Crippen molar-refractivity contribution in [1.82, 2.24) is 20.0 Å². The Hall–Kier alpha value is -0.870. The van der Waals surface area contributed by atoms with Crippen molar-refractivity contribution in [2.45, 2.75) is 32.7 Å². The van der Waals surface area contributed by atoms with Crippen LogP contribution in [0.25, 0.3) is 0 Å². The van der Waals surface area contributed by atoms with Crippen molar-refractivity contribution in [3.8, 4) is 0 Å². The van der Waals surface area contributed by atoms with Crippen molar-refractivity contribution in [3.63, 3.8) is 0 Å². The molecule has 1 N–H and O–H groups in total. The summed E-state index contributed by atoms with van der Waals surface area (Å²) < 4.78 is 1.91. The maximum Gasteiger partial charge on any atom is 0.0641 e. The fraction of sp³-hybridized carbons (Fsp3) is 0.786. The van der Waals surface area contributed by atoms with Crippen molar-refractivity contribution < 1.29 is 0 Å². The van der Waals surface area contributed by atoms with Crippen LogP contribution in [0.5, 0.6) is 0 Å². The normalized spacial score (nSPS) is 22.4. The van der Waals surface area contributed by atoms with E-state index in [1.165, 1.54) is 38.0 Å². The third-order valence-electron chi connectivity index (χ3n) is 4.11. The maximum absolute atomic E-state index is 4.44. The summed E-state index contributed by atoms with van der Waals surface area (Å²) in [5.41, 5.74) is 2.50. The summed E-state index contributed by atoms with van der Waals surface area (Å²) in [6.45, 7) is 7.91. The lowest BCUT2D eigenvalue weighted by Crippen LogP contribution is -2.37. The van der Waals surface area contributed by atoms with Gasteiger partial charge in [-0.25, -0.2) is 0 Å². The maximum atomic E-state index is 4.44. The van der Waals surface area contributed by atoms with Crippen molar-refractivity contribution in [3.05, 3.63) is 17.5 Å². The minimum atomic E-state index is 0.445. The quantitative estimate of drug-likeness (QED) is 0.883. The lowest BCUT2D eigenvalue weighted by Gasteiger charge is -2.31. The molecule has 2 unspecified atom stereocenters. The number of nitrogens with zero attached hydrogens (tertiary/aromatic N) is 3. The van der Waals surface area contributed by atoms with E-state index >= 15 is 0 Å². The topological polar surface area (TPSA) is 33.1 Å². The van der Waals surface area contributed by atoms with Crippen molar-refractivity contribution in [2.24, 2.45) is 13.0 Å². The summed E-state index contributed by atoms with van der Waals surface area (Å²) in [5, 5.41) is 7.93. The second-order valence-electron chi connectivity index (χ2n) is 5.67. The number of hydrogen-bond acceptors (Lipinski definition) is 3. The van der Waals surface area contributed by atoms with Crippen molar-refractivity contribution in [2.75, 3.05) is 26.7 Å². The van der Waals surface area contributed by atoms with Crippen LogP contribution in [0.1, 0.15) is 37.1 Å². The molecule has 1 fully saturated rings. The Bertz CT molecular complexity index is 379. The van der Waals surface area contributed by atoms with E-state index in [2.05, 4.69) is 42.4 Å². The van der Waals surface area contributed by atoms with Crippen LogP contribution in [-0.4, -0.2) is 41.4 Å². The average molecular weight is 250 g/mol. The van der Waals surface area contributed by atoms with Gasteiger partial charge in [-0.15, -0.1) is 0 Å². The molecular formula is C14H26N4. The monoisotopic (exact) mass is 250 g/mol. The molecule has 1 aromatic rings. The number of hydrogen-bond donors (Lipinski definition) is 1. The summed E-state index contributed by atoms with van der Waals surface area (Å²) in [7, 11) is 4.22. The Labute approximate surface area is 110 Å². The number of aryl methyl sites for hydroxylation is 2. The molecule has 1 aliphatic heterocycles. The first kappa shape index (κ1) is 13.6. The number of piperidine rings is 1. The summed E-state index contributed by atoms with van der Waals surface area (Å²) in [5.74, 6) is 0.795. The number of aromatic nitrogens is 2. The first-order valence-electron chi connectivity index (χ1n) is 6.99. The minimum Gasteiger partial charge on any atom is -0.316 e. The molecule has 2 atom stereocenters. The molecule has 0 radical (unpaired) electrons. The van der Waals surface area contributed by atoms with E-state index in [1.54, 1.807) is 0 Å². The van der Waals surface area contributed by atoms with Crippen LogP contribution >= 0.6 is 0 Å². The van der Waals surface area contributed by atoms with Gasteiger partial charge in [-0.3, -0.25) is 9.58 Å². The molecule has 1 saturated heterocycles. The van der Waals surface area contributed by atoms with Gasteiger partial charge in [0.1, 0.15) is 0 Å². The predicted molar refractivity (Wildman–Crippen MR) is 74.6 cm³/mol. The van der Waals surface area contributed by atoms with Crippen LogP contribution in [0.2, 0.25) is 0 Å². The molecule has 4 nitrogen and oxygen atoms in total. The molecule has 2 heterocycles. The molecule has 0 saturated carbocycles. The average Bonchev–Trinajstić information content (AvgIpc) is 2.68. The van der Waals surface area contributed by atoms with Crippen LogP contribution in [0.4, 0.5) is 0 Å². The van der Waals surface area contributed by atoms with Crippen LogP contribution in [-0.2, 0) is 7.05 Å². The Morgan fingerprint density at radius 2 is 2.39 bits per heavy atom. The second-order valence-corrected chi connectivity index (χ2v) is 5.67. The number of rotatable bonds is 4. The van der Waals surface area contributed by atoms with Gasteiger partial charge in [-0.05, 0) is 52.7 Å². The zero-order chi connectivity index (χ0) is 13.1. The van der Waals surface area contributed by atoms with Gasteiger partial charge in [0.15, 0.2) is 0 Å². The molecule has 1 aromatic heterocycles. The highest BCUT2D eigenvalue weighted by Gasteiger charge is 2.20. The molecule has 0 spiro atoms. The SMILES string of the molecule is Cc1nn(C)cc1C(C)N(C)CC1CCCNC1. The Kier molecular flexibility index (Phi) is 4.40. The molecule has 18 heavy (non-hydrogen) atoms. The standard InChI is InChI=1S/C14H26N4/c1-11-14(10-18(4)16-11)12(2)17(3)9-13-6-5-7-15-8-13/h10,12-13,15H,5-9H2,1-4H3. The van der Waals surface area contributed by atoms with E-state index in [0.717, 1.165) is 11.6 Å². The lowest BCUT2D eigenvalue weighted by molar-refractivity contribution is 0.199. The smallest absolute Gasteiger partial charge is 0.0641 e. The third kappa shape index (κ3) is 3.12. The molecule has 102 valence electrons. The van der Waals surface area contributed by atoms with E-state index in [4.69, 9.17) is 0 Å². The van der Waals surface area contributed by atoms with E-state index in [9.17, 15) is 0 Å². The molecule has 4 heteroatoms. The summed E-state index contributed by atoms with van der Waals surface area (Å²) in [6, 6.07) is 0.445. The van der Waals surface area contributed by atoms with Gasteiger partial charge in [-0.2, -0.15) is 5.10 Å². The van der Waals surface area contributed by atoms with Gasteiger partial charge in [0.25, 0.3) is 0 Å². The van der Waals surface area contributed by atoms with Gasteiger partial charge >= 0.3 is 0 Å². The lowest BCUT2D eigenvalue weighted by atomic mass is 9.98. The fourth-order valence-corrected chi connectivity index (χ4v) is 2.91. The minimum absolute atomic E-state index is 0.445. The van der Waals surface area contributed by atoms with Gasteiger partial charge < -0.3 is 5.32 Å². The van der Waals surface area contributed by atoms with E-state index < -0.39 is 0 Å². The molecule has 0 aromatic carbocycles. The molecule has 0 bridgehead atoms. The highest BCUT2D eigenvalue weighted by atomic mass is 15.3. The summed E-state index contributed by atoms with van der Waals surface area (Å²) >= 11 is 0. The van der Waals surface area contributed by atoms with Crippen molar-refractivity contribution >= 4 is 0 Å². The highest BCUT2D eigenvalue weighted by Crippen LogP contribution is 2.23. The highest BCUT2D eigenvalue weighted by molar-refractivity contribution is 5.19. The van der Waals surface area contributed by atoms with Crippen LogP contribution in [0.3, 0.4) is 0 Å². The third-order valence-corrected chi connectivity index (χ3v) is 4.11. The van der Waals surface area contributed by atoms with Crippen LogP contribution < -0.4 is 5.32 Å². The molecular weight excluding hydrogens is 224 g/mol. The zero-order valence-corrected chi connectivity index (χ0v) is 12.1. The van der Waals surface area contributed by atoms with Gasteiger partial charge in [-0.1, -0.05) is 0 Å². The van der Waals surface area contributed by atoms with Gasteiger partial charge in [0.2, 0.25) is 0 Å². The van der Waals surface area contributed by atoms with E-state index in [1.807, 2.05) is 11.7 Å². The second kappa shape index (κ2) is 5.85. The molecule has 1 aliphatic rings. The van der Waals surface area contributed by atoms with E-state index in [-0.39, 0.29) is 0 Å².